The molecule has 0 aliphatic heterocycles. The molecule has 118 valence electrons. The molecule has 0 bridgehead atoms. The first-order valence-corrected chi connectivity index (χ1v) is 8.15. The molecular formula is C19H36O. The number of hydrogen-bond acceptors (Lipinski definition) is 1. The van der Waals surface area contributed by atoms with Crippen LogP contribution in [0.2, 0.25) is 0 Å². The van der Waals surface area contributed by atoms with Crippen LogP contribution in [0.1, 0.15) is 81.1 Å². The standard InChI is InChI=1S/C10H18.C9H18O/c1-9(2)7-5-6-8-10(3)4;1-7(2)5-6-9(10)8(3)4/h9-10H,7-8H2,1-4H3;7-8H,5-6H2,1-4H3. The van der Waals surface area contributed by atoms with Crippen molar-refractivity contribution in [1.82, 2.24) is 0 Å². The lowest BCUT2D eigenvalue weighted by atomic mass is 10.00. The van der Waals surface area contributed by atoms with Crippen molar-refractivity contribution in [3.05, 3.63) is 0 Å². The first kappa shape index (κ1) is 21.5. The molecule has 0 saturated heterocycles. The summed E-state index contributed by atoms with van der Waals surface area (Å²) >= 11 is 0. The molecule has 0 amide bonds. The zero-order valence-electron chi connectivity index (χ0n) is 15.0. The molecule has 0 aliphatic rings. The molecule has 20 heavy (non-hydrogen) atoms. The van der Waals surface area contributed by atoms with Crippen molar-refractivity contribution in [3.63, 3.8) is 0 Å². The molecule has 0 N–H and O–H groups in total. The summed E-state index contributed by atoms with van der Waals surface area (Å²) in [5.74, 6) is 9.05. The third kappa shape index (κ3) is 19.6. The van der Waals surface area contributed by atoms with Crippen LogP contribution in [0, 0.1) is 35.5 Å². The normalized spacial score (nSPS) is 10.4. The molecule has 1 nitrogen and oxygen atoms in total. The highest BCUT2D eigenvalue weighted by atomic mass is 16.1. The van der Waals surface area contributed by atoms with Gasteiger partial charge < -0.3 is 0 Å². The molecular weight excluding hydrogens is 244 g/mol. The zero-order valence-corrected chi connectivity index (χ0v) is 15.0. The summed E-state index contributed by atoms with van der Waals surface area (Å²) in [7, 11) is 0. The van der Waals surface area contributed by atoms with Crippen molar-refractivity contribution >= 4 is 5.78 Å². The van der Waals surface area contributed by atoms with E-state index >= 15 is 0 Å². The van der Waals surface area contributed by atoms with Gasteiger partial charge in [-0.2, -0.15) is 0 Å². The van der Waals surface area contributed by atoms with Gasteiger partial charge in [0.25, 0.3) is 0 Å². The van der Waals surface area contributed by atoms with Gasteiger partial charge in [-0.3, -0.25) is 4.79 Å². The third-order valence-corrected chi connectivity index (χ3v) is 2.76. The van der Waals surface area contributed by atoms with Gasteiger partial charge in [0.2, 0.25) is 0 Å². The number of carbonyl (C=O) groups is 1. The quantitative estimate of drug-likeness (QED) is 0.568. The highest BCUT2D eigenvalue weighted by Gasteiger charge is 2.06. The Kier molecular flexibility index (Phi) is 14.2. The van der Waals surface area contributed by atoms with Gasteiger partial charge in [-0.1, -0.05) is 55.4 Å². The molecule has 0 atom stereocenters. The Morgan fingerprint density at radius 3 is 1.40 bits per heavy atom. The molecule has 0 radical (unpaired) electrons. The molecule has 0 aromatic rings. The fourth-order valence-corrected chi connectivity index (χ4v) is 1.27. The van der Waals surface area contributed by atoms with Crippen LogP contribution >= 0.6 is 0 Å². The second-order valence-electron chi connectivity index (χ2n) is 7.10. The molecule has 0 aromatic heterocycles. The van der Waals surface area contributed by atoms with Crippen molar-refractivity contribution in [2.24, 2.45) is 23.7 Å². The van der Waals surface area contributed by atoms with Crippen molar-refractivity contribution < 1.29 is 4.79 Å². The van der Waals surface area contributed by atoms with Crippen LogP contribution in [0.25, 0.3) is 0 Å². The number of rotatable bonds is 6. The van der Waals surface area contributed by atoms with Gasteiger partial charge >= 0.3 is 0 Å². The SMILES string of the molecule is CC(C)CC#CCC(C)C.CC(C)CCC(=O)C(C)C. The second-order valence-corrected chi connectivity index (χ2v) is 7.10. The van der Waals surface area contributed by atoms with Gasteiger partial charge in [0.05, 0.1) is 0 Å². The van der Waals surface area contributed by atoms with Crippen molar-refractivity contribution in [2.75, 3.05) is 0 Å². The molecule has 1 heteroatoms. The fraction of sp³-hybridized carbons (Fsp3) is 0.842. The Balaban J connectivity index is 0. The molecule has 0 heterocycles. The Bertz CT molecular complexity index is 273. The summed E-state index contributed by atoms with van der Waals surface area (Å²) in [6.07, 6.45) is 3.89. The van der Waals surface area contributed by atoms with Gasteiger partial charge in [-0.25, -0.2) is 0 Å². The van der Waals surface area contributed by atoms with Crippen LogP contribution in [0.5, 0.6) is 0 Å². The maximum Gasteiger partial charge on any atom is 0.135 e. The van der Waals surface area contributed by atoms with E-state index in [0.717, 1.165) is 37.5 Å². The summed E-state index contributed by atoms with van der Waals surface area (Å²) in [4.78, 5) is 11.0. The van der Waals surface area contributed by atoms with E-state index in [1.807, 2.05) is 13.8 Å². The number of carbonyl (C=O) groups excluding carboxylic acids is 1. The van der Waals surface area contributed by atoms with Crippen molar-refractivity contribution in [1.29, 1.82) is 0 Å². The van der Waals surface area contributed by atoms with Crippen LogP contribution < -0.4 is 0 Å². The van der Waals surface area contributed by atoms with Gasteiger partial charge in [-0.05, 0) is 24.2 Å². The predicted molar refractivity (Wildman–Crippen MR) is 90.6 cm³/mol. The van der Waals surface area contributed by atoms with Crippen LogP contribution in [-0.4, -0.2) is 5.78 Å². The Morgan fingerprint density at radius 2 is 1.15 bits per heavy atom. The fourth-order valence-electron chi connectivity index (χ4n) is 1.27. The van der Waals surface area contributed by atoms with Gasteiger partial charge in [-0.15, -0.1) is 11.8 Å². The minimum atomic E-state index is 0.221. The van der Waals surface area contributed by atoms with Gasteiger partial charge in [0, 0.05) is 25.2 Å². The highest BCUT2D eigenvalue weighted by Crippen LogP contribution is 2.07. The topological polar surface area (TPSA) is 17.1 Å². The first-order chi connectivity index (χ1) is 9.16. The summed E-state index contributed by atoms with van der Waals surface area (Å²) in [6, 6.07) is 0. The molecule has 0 aromatic carbocycles. The van der Waals surface area contributed by atoms with E-state index in [1.54, 1.807) is 0 Å². The lowest BCUT2D eigenvalue weighted by Gasteiger charge is -2.05. The largest absolute Gasteiger partial charge is 0.299 e. The number of hydrogen-bond donors (Lipinski definition) is 0. The minimum Gasteiger partial charge on any atom is -0.299 e. The summed E-state index contributed by atoms with van der Waals surface area (Å²) in [5.41, 5.74) is 0. The van der Waals surface area contributed by atoms with Gasteiger partial charge in [0.15, 0.2) is 0 Å². The number of Topliss-reactive ketones (excluding diaryl/α,β-unsaturated/α-hetero) is 1. The maximum absolute atomic E-state index is 11.0. The van der Waals surface area contributed by atoms with Crippen molar-refractivity contribution in [2.45, 2.75) is 81.1 Å². The average molecular weight is 280 g/mol. The summed E-state index contributed by atoms with van der Waals surface area (Å²) in [6.45, 7) is 17.0. The van der Waals surface area contributed by atoms with E-state index in [9.17, 15) is 4.79 Å². The third-order valence-electron chi connectivity index (χ3n) is 2.76. The lowest BCUT2D eigenvalue weighted by Crippen LogP contribution is -2.07. The van der Waals surface area contributed by atoms with E-state index in [0.29, 0.717) is 11.7 Å². The van der Waals surface area contributed by atoms with Crippen LogP contribution in [0.15, 0.2) is 0 Å². The van der Waals surface area contributed by atoms with E-state index in [4.69, 9.17) is 0 Å². The number of ketones is 1. The van der Waals surface area contributed by atoms with E-state index in [2.05, 4.69) is 53.4 Å². The highest BCUT2D eigenvalue weighted by molar-refractivity contribution is 5.80. The molecule has 0 saturated carbocycles. The first-order valence-electron chi connectivity index (χ1n) is 8.15. The average Bonchev–Trinajstić information content (AvgIpc) is 2.31. The van der Waals surface area contributed by atoms with Gasteiger partial charge in [0.1, 0.15) is 5.78 Å². The summed E-state index contributed by atoms with van der Waals surface area (Å²) in [5, 5.41) is 0. The van der Waals surface area contributed by atoms with Crippen LogP contribution in [0.4, 0.5) is 0 Å². The van der Waals surface area contributed by atoms with Crippen molar-refractivity contribution in [3.8, 4) is 11.8 Å². The summed E-state index contributed by atoms with van der Waals surface area (Å²) < 4.78 is 0. The second kappa shape index (κ2) is 13.2. The Labute approximate surface area is 127 Å². The molecule has 0 unspecified atom stereocenters. The smallest absolute Gasteiger partial charge is 0.135 e. The van der Waals surface area contributed by atoms with E-state index in [-0.39, 0.29) is 5.92 Å². The van der Waals surface area contributed by atoms with E-state index < -0.39 is 0 Å². The molecule has 0 spiro atoms. The van der Waals surface area contributed by atoms with E-state index in [1.165, 1.54) is 0 Å². The Hall–Kier alpha value is -0.770. The maximum atomic E-state index is 11.0. The monoisotopic (exact) mass is 280 g/mol. The predicted octanol–water partition coefficient (Wildman–Crippen LogP) is 5.73. The molecule has 0 fully saturated rings. The zero-order chi connectivity index (χ0) is 16.1. The van der Waals surface area contributed by atoms with Crippen LogP contribution in [-0.2, 0) is 4.79 Å². The Morgan fingerprint density at radius 1 is 0.750 bits per heavy atom. The lowest BCUT2D eigenvalue weighted by molar-refractivity contribution is -0.122. The molecule has 0 aliphatic carbocycles. The van der Waals surface area contributed by atoms with Crippen LogP contribution in [0.3, 0.4) is 0 Å². The molecule has 0 rings (SSSR count). The minimum absolute atomic E-state index is 0.221.